The summed E-state index contributed by atoms with van der Waals surface area (Å²) in [5, 5.41) is 2.87. The highest BCUT2D eigenvalue weighted by atomic mass is 16.5. The van der Waals surface area contributed by atoms with Gasteiger partial charge in [0.2, 0.25) is 0 Å². The molecule has 0 spiro atoms. The fourth-order valence-corrected chi connectivity index (χ4v) is 2.62. The van der Waals surface area contributed by atoms with Gasteiger partial charge in [0.25, 0.3) is 5.91 Å². The number of aromatic amines is 1. The smallest absolute Gasteiger partial charge is 0.253 e. The Kier molecular flexibility index (Phi) is 5.27. The van der Waals surface area contributed by atoms with Gasteiger partial charge in [-0.3, -0.25) is 4.79 Å². The second kappa shape index (κ2) is 7.59. The zero-order valence-electron chi connectivity index (χ0n) is 14.0. The monoisotopic (exact) mass is 329 g/mol. The molecule has 0 aliphatic carbocycles. The van der Waals surface area contributed by atoms with Crippen molar-refractivity contribution in [3.05, 3.63) is 36.2 Å². The Bertz CT molecular complexity index is 675. The lowest BCUT2D eigenvalue weighted by Crippen LogP contribution is -2.30. The number of carbonyl (C=O) groups excluding carboxylic acids is 1. The van der Waals surface area contributed by atoms with Crippen LogP contribution in [0.3, 0.4) is 0 Å². The van der Waals surface area contributed by atoms with Crippen LogP contribution < -0.4 is 5.32 Å². The first-order chi connectivity index (χ1) is 11.6. The molecule has 128 valence electrons. The van der Waals surface area contributed by atoms with Crippen molar-refractivity contribution in [2.75, 3.05) is 18.5 Å². The van der Waals surface area contributed by atoms with Gasteiger partial charge in [-0.15, -0.1) is 0 Å². The molecule has 0 unspecified atom stereocenters. The average Bonchev–Trinajstić information content (AvgIpc) is 3.25. The number of aryl methyl sites for hydroxylation is 1. The third-order valence-corrected chi connectivity index (χ3v) is 4.05. The number of H-pyrrole nitrogens is 1. The van der Waals surface area contributed by atoms with E-state index in [1.807, 2.05) is 31.2 Å². The van der Waals surface area contributed by atoms with Crippen LogP contribution in [0.2, 0.25) is 0 Å². The van der Waals surface area contributed by atoms with Crippen LogP contribution in [0.5, 0.6) is 0 Å². The summed E-state index contributed by atoms with van der Waals surface area (Å²) >= 11 is 0. The van der Waals surface area contributed by atoms with E-state index in [1.165, 1.54) is 0 Å². The number of rotatable bonds is 6. The standard InChI is InChI=1S/C18H23N3O3/c1-12-10-19-17(20-12)14-5-7-15(8-6-14)21-18(22)13(2)24-11-16-4-3-9-23-16/h5-8,10,13,16H,3-4,9,11H2,1-2H3,(H,19,20)(H,21,22)/t13-,16+/m1/s1. The summed E-state index contributed by atoms with van der Waals surface area (Å²) in [6, 6.07) is 7.56. The third-order valence-electron chi connectivity index (χ3n) is 4.05. The number of amides is 1. The van der Waals surface area contributed by atoms with Gasteiger partial charge < -0.3 is 19.8 Å². The molecule has 1 saturated heterocycles. The molecule has 0 radical (unpaired) electrons. The molecule has 1 amide bonds. The summed E-state index contributed by atoms with van der Waals surface area (Å²) in [7, 11) is 0. The lowest BCUT2D eigenvalue weighted by atomic mass is 10.2. The zero-order valence-corrected chi connectivity index (χ0v) is 14.0. The second-order valence-electron chi connectivity index (χ2n) is 6.09. The van der Waals surface area contributed by atoms with Crippen molar-refractivity contribution >= 4 is 11.6 Å². The lowest BCUT2D eigenvalue weighted by Gasteiger charge is -2.16. The number of ether oxygens (including phenoxy) is 2. The molecule has 1 aromatic heterocycles. The van der Waals surface area contributed by atoms with Crippen molar-refractivity contribution in [1.82, 2.24) is 9.97 Å². The third kappa shape index (κ3) is 4.21. The number of imidazole rings is 1. The number of hydrogen-bond donors (Lipinski definition) is 2. The Morgan fingerprint density at radius 1 is 1.46 bits per heavy atom. The SMILES string of the molecule is Cc1cnc(-c2ccc(NC(=O)[C@@H](C)OC[C@@H]3CCCO3)cc2)[nH]1. The van der Waals surface area contributed by atoms with Gasteiger partial charge >= 0.3 is 0 Å². The molecule has 24 heavy (non-hydrogen) atoms. The summed E-state index contributed by atoms with van der Waals surface area (Å²) in [5.74, 6) is 0.660. The van der Waals surface area contributed by atoms with E-state index < -0.39 is 6.10 Å². The quantitative estimate of drug-likeness (QED) is 0.854. The molecule has 1 aromatic carbocycles. The number of aromatic nitrogens is 2. The van der Waals surface area contributed by atoms with Crippen LogP contribution in [-0.4, -0.2) is 41.3 Å². The van der Waals surface area contributed by atoms with Gasteiger partial charge in [0.15, 0.2) is 0 Å². The van der Waals surface area contributed by atoms with Gasteiger partial charge in [0, 0.05) is 29.7 Å². The van der Waals surface area contributed by atoms with E-state index in [-0.39, 0.29) is 12.0 Å². The van der Waals surface area contributed by atoms with E-state index in [2.05, 4.69) is 15.3 Å². The average molecular weight is 329 g/mol. The van der Waals surface area contributed by atoms with E-state index in [1.54, 1.807) is 13.1 Å². The Labute approximate surface area is 141 Å². The van der Waals surface area contributed by atoms with Crippen LogP contribution in [0.1, 0.15) is 25.5 Å². The van der Waals surface area contributed by atoms with E-state index >= 15 is 0 Å². The Morgan fingerprint density at radius 2 is 2.25 bits per heavy atom. The normalized spacial score (nSPS) is 18.5. The Balaban J connectivity index is 1.52. The molecular weight excluding hydrogens is 306 g/mol. The Morgan fingerprint density at radius 3 is 2.88 bits per heavy atom. The molecule has 2 aromatic rings. The van der Waals surface area contributed by atoms with Crippen LogP contribution in [0.15, 0.2) is 30.5 Å². The van der Waals surface area contributed by atoms with Crippen molar-refractivity contribution in [3.8, 4) is 11.4 Å². The van der Waals surface area contributed by atoms with Crippen molar-refractivity contribution in [1.29, 1.82) is 0 Å². The van der Waals surface area contributed by atoms with E-state index in [0.29, 0.717) is 6.61 Å². The fraction of sp³-hybridized carbons (Fsp3) is 0.444. The predicted octanol–water partition coefficient (Wildman–Crippen LogP) is 2.91. The largest absolute Gasteiger partial charge is 0.376 e. The maximum atomic E-state index is 12.2. The lowest BCUT2D eigenvalue weighted by molar-refractivity contribution is -0.128. The number of carbonyl (C=O) groups is 1. The van der Waals surface area contributed by atoms with Crippen molar-refractivity contribution in [2.45, 2.75) is 38.9 Å². The molecule has 6 heteroatoms. The first-order valence-corrected chi connectivity index (χ1v) is 8.28. The van der Waals surface area contributed by atoms with E-state index in [0.717, 1.165) is 42.2 Å². The number of nitrogens with one attached hydrogen (secondary N) is 2. The van der Waals surface area contributed by atoms with Crippen molar-refractivity contribution in [3.63, 3.8) is 0 Å². The highest BCUT2D eigenvalue weighted by Crippen LogP contribution is 2.19. The number of benzene rings is 1. The summed E-state index contributed by atoms with van der Waals surface area (Å²) in [6.07, 6.45) is 3.47. The molecule has 2 N–H and O–H groups in total. The zero-order chi connectivity index (χ0) is 16.9. The molecule has 3 rings (SSSR count). The number of nitrogens with zero attached hydrogens (tertiary/aromatic N) is 1. The molecule has 1 fully saturated rings. The van der Waals surface area contributed by atoms with Crippen LogP contribution >= 0.6 is 0 Å². The molecule has 1 aliphatic rings. The highest BCUT2D eigenvalue weighted by Gasteiger charge is 2.20. The maximum absolute atomic E-state index is 12.2. The summed E-state index contributed by atoms with van der Waals surface area (Å²) in [6.45, 7) is 4.97. The molecule has 0 saturated carbocycles. The number of anilines is 1. The Hall–Kier alpha value is -2.18. The minimum absolute atomic E-state index is 0.122. The second-order valence-corrected chi connectivity index (χ2v) is 6.09. The maximum Gasteiger partial charge on any atom is 0.253 e. The van der Waals surface area contributed by atoms with Crippen LogP contribution in [0, 0.1) is 6.92 Å². The molecule has 0 bridgehead atoms. The van der Waals surface area contributed by atoms with Crippen molar-refractivity contribution < 1.29 is 14.3 Å². The molecule has 1 aliphatic heterocycles. The van der Waals surface area contributed by atoms with Crippen LogP contribution in [0.4, 0.5) is 5.69 Å². The van der Waals surface area contributed by atoms with Gasteiger partial charge in [-0.25, -0.2) is 4.98 Å². The van der Waals surface area contributed by atoms with Gasteiger partial charge in [-0.1, -0.05) is 0 Å². The van der Waals surface area contributed by atoms with E-state index in [4.69, 9.17) is 9.47 Å². The molecule has 2 heterocycles. The van der Waals surface area contributed by atoms with Gasteiger partial charge in [0.1, 0.15) is 11.9 Å². The minimum atomic E-state index is -0.512. The van der Waals surface area contributed by atoms with Gasteiger partial charge in [-0.05, 0) is 51.0 Å². The molecule has 2 atom stereocenters. The number of hydrogen-bond acceptors (Lipinski definition) is 4. The summed E-state index contributed by atoms with van der Waals surface area (Å²) < 4.78 is 11.1. The van der Waals surface area contributed by atoms with Crippen LogP contribution in [-0.2, 0) is 14.3 Å². The van der Waals surface area contributed by atoms with Gasteiger partial charge in [-0.2, -0.15) is 0 Å². The summed E-state index contributed by atoms with van der Waals surface area (Å²) in [4.78, 5) is 19.7. The highest BCUT2D eigenvalue weighted by molar-refractivity contribution is 5.94. The first-order valence-electron chi connectivity index (χ1n) is 8.28. The van der Waals surface area contributed by atoms with Gasteiger partial charge in [0.05, 0.1) is 12.7 Å². The molecule has 6 nitrogen and oxygen atoms in total. The summed E-state index contributed by atoms with van der Waals surface area (Å²) in [5.41, 5.74) is 2.72. The topological polar surface area (TPSA) is 76.2 Å². The molecular formula is C18H23N3O3. The fourth-order valence-electron chi connectivity index (χ4n) is 2.62. The van der Waals surface area contributed by atoms with Crippen molar-refractivity contribution in [2.24, 2.45) is 0 Å². The first kappa shape index (κ1) is 16.7. The van der Waals surface area contributed by atoms with Crippen LogP contribution in [0.25, 0.3) is 11.4 Å². The van der Waals surface area contributed by atoms with E-state index in [9.17, 15) is 4.79 Å². The predicted molar refractivity (Wildman–Crippen MR) is 91.8 cm³/mol. The minimum Gasteiger partial charge on any atom is -0.376 e.